The third-order valence-electron chi connectivity index (χ3n) is 2.19. The molecule has 0 saturated carbocycles. The third kappa shape index (κ3) is 1.97. The lowest BCUT2D eigenvalue weighted by molar-refractivity contribution is 0.367. The van der Waals surface area contributed by atoms with E-state index in [4.69, 9.17) is 16.0 Å². The second kappa shape index (κ2) is 4.10. The van der Waals surface area contributed by atoms with Gasteiger partial charge >= 0.3 is 0 Å². The summed E-state index contributed by atoms with van der Waals surface area (Å²) in [6.07, 6.45) is 0. The Morgan fingerprint density at radius 1 is 1.27 bits per heavy atom. The van der Waals surface area contributed by atoms with E-state index >= 15 is 0 Å². The van der Waals surface area contributed by atoms with Gasteiger partial charge in [0.25, 0.3) is 5.95 Å². The summed E-state index contributed by atoms with van der Waals surface area (Å²) in [5, 5.41) is 3.55. The molecule has 1 heterocycles. The molecule has 0 aliphatic rings. The molecular formula is C10H12N4O. The van der Waals surface area contributed by atoms with Crippen LogP contribution in [0, 0.1) is 0 Å². The zero-order chi connectivity index (χ0) is 10.7. The molecule has 0 saturated heterocycles. The van der Waals surface area contributed by atoms with Gasteiger partial charge in [0, 0.05) is 6.54 Å². The second-order valence-electron chi connectivity index (χ2n) is 3.19. The third-order valence-corrected chi connectivity index (χ3v) is 2.19. The lowest BCUT2D eigenvalue weighted by Crippen LogP contribution is -2.14. The molecule has 0 radical (unpaired) electrons. The number of aromatic nitrogens is 2. The molecule has 0 spiro atoms. The van der Waals surface area contributed by atoms with E-state index in [1.807, 2.05) is 30.3 Å². The minimum absolute atomic E-state index is 0.0870. The molecule has 0 bridgehead atoms. The van der Waals surface area contributed by atoms with Gasteiger partial charge in [-0.3, -0.25) is 0 Å². The fraction of sp³-hybridized carbons (Fsp3) is 0.200. The number of nitrogens with zero attached hydrogens (tertiary/aromatic N) is 2. The molecule has 15 heavy (non-hydrogen) atoms. The molecule has 1 aromatic heterocycles. The number of anilines is 1. The van der Waals surface area contributed by atoms with E-state index in [0.29, 0.717) is 12.4 Å². The molecule has 0 aliphatic carbocycles. The Kier molecular flexibility index (Phi) is 2.64. The molecule has 0 fully saturated rings. The van der Waals surface area contributed by atoms with E-state index in [-0.39, 0.29) is 11.9 Å². The van der Waals surface area contributed by atoms with E-state index < -0.39 is 0 Å². The highest BCUT2D eigenvalue weighted by atomic mass is 16.5. The Hall–Kier alpha value is -1.88. The summed E-state index contributed by atoms with van der Waals surface area (Å²) < 4.78 is 5.01. The smallest absolute Gasteiger partial charge is 0.260 e. The summed E-state index contributed by atoms with van der Waals surface area (Å²) in [4.78, 5) is 3.98. The zero-order valence-corrected chi connectivity index (χ0v) is 8.13. The quantitative estimate of drug-likeness (QED) is 0.769. The average molecular weight is 204 g/mol. The maximum Gasteiger partial charge on any atom is 0.260 e. The summed E-state index contributed by atoms with van der Waals surface area (Å²) >= 11 is 0. The van der Waals surface area contributed by atoms with Crippen LogP contribution in [0.25, 0.3) is 0 Å². The zero-order valence-electron chi connectivity index (χ0n) is 8.13. The first-order valence-electron chi connectivity index (χ1n) is 4.65. The Morgan fingerprint density at radius 3 is 2.53 bits per heavy atom. The van der Waals surface area contributed by atoms with Crippen molar-refractivity contribution in [2.75, 3.05) is 12.3 Å². The predicted octanol–water partition coefficient (Wildman–Crippen LogP) is 0.742. The van der Waals surface area contributed by atoms with Gasteiger partial charge in [-0.05, 0) is 10.7 Å². The first-order valence-corrected chi connectivity index (χ1v) is 4.65. The van der Waals surface area contributed by atoms with Crippen molar-refractivity contribution in [1.82, 2.24) is 10.1 Å². The summed E-state index contributed by atoms with van der Waals surface area (Å²) in [6.45, 7) is 0.408. The van der Waals surface area contributed by atoms with Gasteiger partial charge in [0.15, 0.2) is 0 Å². The van der Waals surface area contributed by atoms with Crippen LogP contribution in [0.1, 0.15) is 17.4 Å². The van der Waals surface area contributed by atoms with Crippen LogP contribution in [-0.2, 0) is 0 Å². The van der Waals surface area contributed by atoms with Crippen LogP contribution in [0.4, 0.5) is 5.95 Å². The van der Waals surface area contributed by atoms with E-state index in [1.165, 1.54) is 0 Å². The summed E-state index contributed by atoms with van der Waals surface area (Å²) in [5.74, 6) is 0.511. The second-order valence-corrected chi connectivity index (χ2v) is 3.19. The van der Waals surface area contributed by atoms with Gasteiger partial charge in [0.1, 0.15) is 0 Å². The molecule has 0 aliphatic heterocycles. The SMILES string of the molecule is NCC(c1ccccc1)c1nc(N)no1. The van der Waals surface area contributed by atoms with Crippen LogP contribution in [0.2, 0.25) is 0 Å². The fourth-order valence-electron chi connectivity index (χ4n) is 1.45. The number of nitrogen functional groups attached to an aromatic ring is 1. The normalized spacial score (nSPS) is 12.6. The van der Waals surface area contributed by atoms with E-state index in [2.05, 4.69) is 10.1 Å². The Labute approximate surface area is 87.1 Å². The minimum atomic E-state index is -0.0870. The van der Waals surface area contributed by atoms with Crippen LogP contribution < -0.4 is 11.5 Å². The van der Waals surface area contributed by atoms with Crippen molar-refractivity contribution in [2.24, 2.45) is 5.73 Å². The summed E-state index contributed by atoms with van der Waals surface area (Å²) in [7, 11) is 0. The number of benzene rings is 1. The highest BCUT2D eigenvalue weighted by molar-refractivity contribution is 5.26. The monoisotopic (exact) mass is 204 g/mol. The van der Waals surface area contributed by atoms with Gasteiger partial charge < -0.3 is 16.0 Å². The molecule has 78 valence electrons. The highest BCUT2D eigenvalue weighted by Crippen LogP contribution is 2.21. The standard InChI is InChI=1S/C10H12N4O/c11-6-8(7-4-2-1-3-5-7)9-13-10(12)14-15-9/h1-5,8H,6,11H2,(H2,12,14). The van der Waals surface area contributed by atoms with Gasteiger partial charge in [0.2, 0.25) is 5.89 Å². The van der Waals surface area contributed by atoms with E-state index in [1.54, 1.807) is 0 Å². The van der Waals surface area contributed by atoms with Crippen molar-refractivity contribution >= 4 is 5.95 Å². The number of rotatable bonds is 3. The number of hydrogen-bond acceptors (Lipinski definition) is 5. The van der Waals surface area contributed by atoms with Crippen molar-refractivity contribution in [3.8, 4) is 0 Å². The lowest BCUT2D eigenvalue weighted by atomic mass is 9.99. The maximum atomic E-state index is 5.68. The summed E-state index contributed by atoms with van der Waals surface area (Å²) in [6, 6.07) is 9.77. The molecule has 1 unspecified atom stereocenters. The van der Waals surface area contributed by atoms with Crippen molar-refractivity contribution in [3.05, 3.63) is 41.8 Å². The molecule has 5 nitrogen and oxygen atoms in total. The Morgan fingerprint density at radius 2 is 2.00 bits per heavy atom. The Balaban J connectivity index is 2.33. The van der Waals surface area contributed by atoms with Crippen LogP contribution in [0.15, 0.2) is 34.9 Å². The van der Waals surface area contributed by atoms with E-state index in [0.717, 1.165) is 5.56 Å². The lowest BCUT2D eigenvalue weighted by Gasteiger charge is -2.09. The average Bonchev–Trinajstić information content (AvgIpc) is 2.68. The first kappa shape index (κ1) is 9.67. The van der Waals surface area contributed by atoms with E-state index in [9.17, 15) is 0 Å². The van der Waals surface area contributed by atoms with Crippen molar-refractivity contribution in [1.29, 1.82) is 0 Å². The number of nitrogens with two attached hydrogens (primary N) is 2. The molecule has 1 atom stereocenters. The first-order chi connectivity index (χ1) is 7.31. The van der Waals surface area contributed by atoms with Crippen molar-refractivity contribution < 1.29 is 4.52 Å². The molecule has 5 heteroatoms. The van der Waals surface area contributed by atoms with Crippen molar-refractivity contribution in [2.45, 2.75) is 5.92 Å². The van der Waals surface area contributed by atoms with Gasteiger partial charge in [-0.25, -0.2) is 0 Å². The van der Waals surface area contributed by atoms with Gasteiger partial charge in [-0.2, -0.15) is 4.98 Å². The van der Waals surface area contributed by atoms with Crippen LogP contribution in [0.3, 0.4) is 0 Å². The number of hydrogen-bond donors (Lipinski definition) is 2. The summed E-state index contributed by atoms with van der Waals surface area (Å²) in [5.41, 5.74) is 12.1. The van der Waals surface area contributed by atoms with Crippen LogP contribution >= 0.6 is 0 Å². The highest BCUT2D eigenvalue weighted by Gasteiger charge is 2.18. The largest absolute Gasteiger partial charge is 0.365 e. The Bertz CT molecular complexity index is 426. The molecular weight excluding hydrogens is 192 g/mol. The van der Waals surface area contributed by atoms with Crippen molar-refractivity contribution in [3.63, 3.8) is 0 Å². The minimum Gasteiger partial charge on any atom is -0.365 e. The van der Waals surface area contributed by atoms with Crippen LogP contribution in [-0.4, -0.2) is 16.7 Å². The van der Waals surface area contributed by atoms with Gasteiger partial charge in [0.05, 0.1) is 5.92 Å². The van der Waals surface area contributed by atoms with Gasteiger partial charge in [-0.15, -0.1) is 0 Å². The molecule has 4 N–H and O–H groups in total. The molecule has 2 rings (SSSR count). The molecule has 2 aromatic rings. The fourth-order valence-corrected chi connectivity index (χ4v) is 1.45. The predicted molar refractivity (Wildman–Crippen MR) is 56.0 cm³/mol. The molecule has 1 aromatic carbocycles. The molecule has 0 amide bonds. The van der Waals surface area contributed by atoms with Crippen LogP contribution in [0.5, 0.6) is 0 Å². The van der Waals surface area contributed by atoms with Gasteiger partial charge in [-0.1, -0.05) is 30.3 Å². The maximum absolute atomic E-state index is 5.68. The topological polar surface area (TPSA) is 91.0 Å².